The first-order chi connectivity index (χ1) is 11.1. The lowest BCUT2D eigenvalue weighted by molar-refractivity contribution is -0.136. The number of amides is 1. The third kappa shape index (κ3) is 3.81. The molecule has 0 bridgehead atoms. The van der Waals surface area contributed by atoms with E-state index in [2.05, 4.69) is 36.2 Å². The Bertz CT molecular complexity index is 633. The number of hydrogen-bond donors (Lipinski definition) is 0. The molecular formula is C19H25N3O. The van der Waals surface area contributed by atoms with Crippen molar-refractivity contribution in [3.63, 3.8) is 0 Å². The van der Waals surface area contributed by atoms with E-state index in [4.69, 9.17) is 0 Å². The van der Waals surface area contributed by atoms with E-state index in [-0.39, 0.29) is 11.9 Å². The van der Waals surface area contributed by atoms with E-state index in [0.717, 1.165) is 25.9 Å². The average Bonchev–Trinajstić information content (AvgIpc) is 3.10. The van der Waals surface area contributed by atoms with Crippen molar-refractivity contribution in [3.8, 4) is 0 Å². The van der Waals surface area contributed by atoms with Crippen LogP contribution in [0.2, 0.25) is 0 Å². The first kappa shape index (κ1) is 15.8. The molecule has 2 heterocycles. The molecule has 1 aliphatic heterocycles. The number of piperidine rings is 1. The molecular weight excluding hydrogens is 286 g/mol. The van der Waals surface area contributed by atoms with Gasteiger partial charge in [0.1, 0.15) is 6.04 Å². The maximum atomic E-state index is 12.7. The Morgan fingerprint density at radius 3 is 2.83 bits per heavy atom. The first-order valence-electron chi connectivity index (χ1n) is 8.45. The van der Waals surface area contributed by atoms with Crippen molar-refractivity contribution in [2.75, 3.05) is 13.1 Å². The van der Waals surface area contributed by atoms with Crippen LogP contribution >= 0.6 is 0 Å². The van der Waals surface area contributed by atoms with Gasteiger partial charge in [-0.05, 0) is 44.6 Å². The molecule has 1 saturated heterocycles. The van der Waals surface area contributed by atoms with Crippen LogP contribution in [0.4, 0.5) is 0 Å². The topological polar surface area (TPSA) is 38.1 Å². The number of aromatic nitrogens is 2. The fourth-order valence-corrected chi connectivity index (χ4v) is 3.38. The summed E-state index contributed by atoms with van der Waals surface area (Å²) in [6.45, 7) is 5.81. The van der Waals surface area contributed by atoms with Crippen molar-refractivity contribution in [1.29, 1.82) is 0 Å². The van der Waals surface area contributed by atoms with Gasteiger partial charge in [0.25, 0.3) is 0 Å². The van der Waals surface area contributed by atoms with Crippen molar-refractivity contribution in [3.05, 3.63) is 54.1 Å². The Labute approximate surface area is 138 Å². The van der Waals surface area contributed by atoms with Crippen molar-refractivity contribution < 1.29 is 4.79 Å². The summed E-state index contributed by atoms with van der Waals surface area (Å²) in [5, 5.41) is 0. The number of likely N-dealkylation sites (tertiary alicyclic amines) is 1. The molecule has 0 unspecified atom stereocenters. The number of carbonyl (C=O) groups is 1. The predicted octanol–water partition coefficient (Wildman–Crippen LogP) is 3.23. The molecule has 122 valence electrons. The van der Waals surface area contributed by atoms with Gasteiger partial charge >= 0.3 is 0 Å². The number of benzene rings is 1. The van der Waals surface area contributed by atoms with Crippen molar-refractivity contribution in [1.82, 2.24) is 14.5 Å². The molecule has 0 aliphatic carbocycles. The zero-order valence-corrected chi connectivity index (χ0v) is 14.0. The number of nitrogens with zero attached hydrogens (tertiary/aromatic N) is 3. The summed E-state index contributed by atoms with van der Waals surface area (Å²) in [6.07, 6.45) is 8.66. The van der Waals surface area contributed by atoms with Crippen LogP contribution in [-0.2, 0) is 11.2 Å². The van der Waals surface area contributed by atoms with Gasteiger partial charge in [0.05, 0.1) is 6.33 Å². The summed E-state index contributed by atoms with van der Waals surface area (Å²) in [5.41, 5.74) is 2.67. The van der Waals surface area contributed by atoms with E-state index >= 15 is 0 Å². The first-order valence-corrected chi connectivity index (χ1v) is 8.45. The van der Waals surface area contributed by atoms with Crippen LogP contribution in [0.3, 0.4) is 0 Å². The van der Waals surface area contributed by atoms with Crippen molar-refractivity contribution in [2.24, 2.45) is 5.92 Å². The van der Waals surface area contributed by atoms with E-state index in [1.807, 2.05) is 22.6 Å². The van der Waals surface area contributed by atoms with Crippen molar-refractivity contribution in [2.45, 2.75) is 39.2 Å². The molecule has 1 amide bonds. The van der Waals surface area contributed by atoms with Gasteiger partial charge in [-0.2, -0.15) is 0 Å². The highest BCUT2D eigenvalue weighted by molar-refractivity contribution is 5.80. The van der Waals surface area contributed by atoms with Gasteiger partial charge < -0.3 is 9.47 Å². The predicted molar refractivity (Wildman–Crippen MR) is 91.1 cm³/mol. The molecule has 0 spiro atoms. The molecule has 1 aliphatic rings. The molecule has 1 aromatic heterocycles. The van der Waals surface area contributed by atoms with Gasteiger partial charge in [0, 0.05) is 25.5 Å². The smallest absolute Gasteiger partial charge is 0.245 e. The second kappa shape index (κ2) is 6.99. The second-order valence-electron chi connectivity index (χ2n) is 6.67. The van der Waals surface area contributed by atoms with E-state index in [0.29, 0.717) is 5.92 Å². The Kier molecular flexibility index (Phi) is 4.79. The summed E-state index contributed by atoms with van der Waals surface area (Å²) in [4.78, 5) is 18.8. The van der Waals surface area contributed by atoms with Gasteiger partial charge in [-0.1, -0.05) is 29.8 Å². The highest BCUT2D eigenvalue weighted by Gasteiger charge is 2.27. The van der Waals surface area contributed by atoms with Gasteiger partial charge in [-0.15, -0.1) is 0 Å². The van der Waals surface area contributed by atoms with Gasteiger partial charge in [-0.3, -0.25) is 4.79 Å². The van der Waals surface area contributed by atoms with E-state index < -0.39 is 0 Å². The minimum atomic E-state index is -0.171. The third-order valence-corrected chi connectivity index (χ3v) is 4.81. The average molecular weight is 311 g/mol. The lowest BCUT2D eigenvalue weighted by Gasteiger charge is -2.34. The SMILES string of the molecule is Cc1ccc(C[C@H]2CCCN(C(=O)[C@@H](C)n3ccnc3)C2)cc1. The van der Waals surface area contributed by atoms with Gasteiger partial charge in [0.15, 0.2) is 0 Å². The number of carbonyl (C=O) groups excluding carboxylic acids is 1. The van der Waals surface area contributed by atoms with Crippen LogP contribution < -0.4 is 0 Å². The lowest BCUT2D eigenvalue weighted by atomic mass is 9.91. The Hall–Kier alpha value is -2.10. The van der Waals surface area contributed by atoms with E-state index in [1.165, 1.54) is 17.5 Å². The van der Waals surface area contributed by atoms with Gasteiger partial charge in [0.2, 0.25) is 5.91 Å². The molecule has 1 aromatic carbocycles. The van der Waals surface area contributed by atoms with Crippen molar-refractivity contribution >= 4 is 5.91 Å². The maximum absolute atomic E-state index is 12.7. The summed E-state index contributed by atoms with van der Waals surface area (Å²) < 4.78 is 1.88. The van der Waals surface area contributed by atoms with E-state index in [9.17, 15) is 4.79 Å². The minimum absolute atomic E-state index is 0.171. The van der Waals surface area contributed by atoms with Crippen LogP contribution in [0.1, 0.15) is 36.9 Å². The molecule has 23 heavy (non-hydrogen) atoms. The zero-order valence-electron chi connectivity index (χ0n) is 14.0. The fraction of sp³-hybridized carbons (Fsp3) is 0.474. The quantitative estimate of drug-likeness (QED) is 0.869. The minimum Gasteiger partial charge on any atom is -0.341 e. The third-order valence-electron chi connectivity index (χ3n) is 4.81. The van der Waals surface area contributed by atoms with Crippen LogP contribution in [-0.4, -0.2) is 33.4 Å². The second-order valence-corrected chi connectivity index (χ2v) is 6.67. The number of rotatable bonds is 4. The summed E-state index contributed by atoms with van der Waals surface area (Å²) in [7, 11) is 0. The van der Waals surface area contributed by atoms with Crippen LogP contribution in [0.15, 0.2) is 43.0 Å². The highest BCUT2D eigenvalue weighted by atomic mass is 16.2. The van der Waals surface area contributed by atoms with Crippen LogP contribution in [0.25, 0.3) is 0 Å². The molecule has 0 saturated carbocycles. The van der Waals surface area contributed by atoms with Gasteiger partial charge in [-0.25, -0.2) is 4.98 Å². The monoisotopic (exact) mass is 311 g/mol. The molecule has 0 radical (unpaired) electrons. The molecule has 4 heteroatoms. The lowest BCUT2D eigenvalue weighted by Crippen LogP contribution is -2.43. The molecule has 3 rings (SSSR count). The Morgan fingerprint density at radius 2 is 2.13 bits per heavy atom. The Morgan fingerprint density at radius 1 is 1.35 bits per heavy atom. The highest BCUT2D eigenvalue weighted by Crippen LogP contribution is 2.23. The zero-order chi connectivity index (χ0) is 16.2. The van der Waals surface area contributed by atoms with Crippen LogP contribution in [0.5, 0.6) is 0 Å². The van der Waals surface area contributed by atoms with E-state index in [1.54, 1.807) is 12.5 Å². The summed E-state index contributed by atoms with van der Waals surface area (Å²) in [5.74, 6) is 0.766. The number of imidazole rings is 1. The standard InChI is InChI=1S/C19H25N3O/c1-15-5-7-17(8-6-15)12-18-4-3-10-21(13-18)19(23)16(2)22-11-9-20-14-22/h5-9,11,14,16,18H,3-4,10,12-13H2,1-2H3/t16-,18-/m1/s1. The number of hydrogen-bond acceptors (Lipinski definition) is 2. The fourth-order valence-electron chi connectivity index (χ4n) is 3.38. The summed E-state index contributed by atoms with van der Waals surface area (Å²) >= 11 is 0. The van der Waals surface area contributed by atoms with Crippen LogP contribution in [0, 0.1) is 12.8 Å². The molecule has 0 N–H and O–H groups in total. The normalized spacial score (nSPS) is 19.6. The Balaban J connectivity index is 1.61. The maximum Gasteiger partial charge on any atom is 0.245 e. The molecule has 2 atom stereocenters. The largest absolute Gasteiger partial charge is 0.341 e. The molecule has 2 aromatic rings. The summed E-state index contributed by atoms with van der Waals surface area (Å²) in [6, 6.07) is 8.59. The molecule has 1 fully saturated rings. The number of aryl methyl sites for hydroxylation is 1. The molecule has 4 nitrogen and oxygen atoms in total.